The number of carbonyl (C=O) groups is 1. The maximum absolute atomic E-state index is 11.5. The number of hydrogen-bond acceptors (Lipinski definition) is 2. The molecule has 2 heteroatoms. The highest BCUT2D eigenvalue weighted by atomic mass is 16.5. The third-order valence-electron chi connectivity index (χ3n) is 11.1. The van der Waals surface area contributed by atoms with E-state index in [0.717, 1.165) is 48.3 Å². The van der Waals surface area contributed by atoms with Gasteiger partial charge in [-0.05, 0) is 104 Å². The van der Waals surface area contributed by atoms with Crippen LogP contribution in [0.1, 0.15) is 106 Å². The molecule has 0 amide bonds. The maximum atomic E-state index is 11.5. The zero-order valence-corrected chi connectivity index (χ0v) is 22.5. The molecule has 0 N–H and O–H groups in total. The lowest BCUT2D eigenvalue weighted by molar-refractivity contribution is -0.148. The van der Waals surface area contributed by atoms with Gasteiger partial charge in [-0.3, -0.25) is 4.79 Å². The quantitative estimate of drug-likeness (QED) is 0.297. The predicted octanol–water partition coefficient (Wildman–Crippen LogP) is 8.37. The molecule has 3 saturated carbocycles. The van der Waals surface area contributed by atoms with Gasteiger partial charge in [-0.15, -0.1) is 0 Å². The van der Waals surface area contributed by atoms with E-state index in [1.54, 1.807) is 12.5 Å². The number of hydrogen-bond donors (Lipinski definition) is 0. The summed E-state index contributed by atoms with van der Waals surface area (Å²) in [6.45, 7) is 16.3. The monoisotopic (exact) mass is 454 g/mol. The van der Waals surface area contributed by atoms with Gasteiger partial charge in [0.25, 0.3) is 0 Å². The summed E-state index contributed by atoms with van der Waals surface area (Å²) in [5.74, 6) is 5.41. The number of ether oxygens (including phenoxy) is 1. The van der Waals surface area contributed by atoms with E-state index in [-0.39, 0.29) is 12.1 Å². The summed E-state index contributed by atoms with van der Waals surface area (Å²) in [6, 6.07) is 0. The summed E-state index contributed by atoms with van der Waals surface area (Å²) in [5.41, 5.74) is 2.44. The van der Waals surface area contributed by atoms with E-state index in [4.69, 9.17) is 4.74 Å². The molecule has 4 rings (SSSR count). The first-order valence-electron chi connectivity index (χ1n) is 14.1. The first-order valence-corrected chi connectivity index (χ1v) is 14.1. The van der Waals surface area contributed by atoms with Crippen molar-refractivity contribution in [3.8, 4) is 0 Å². The third-order valence-corrected chi connectivity index (χ3v) is 11.1. The molecule has 0 aromatic rings. The summed E-state index contributed by atoms with van der Waals surface area (Å²) in [5, 5.41) is 0. The van der Waals surface area contributed by atoms with Crippen molar-refractivity contribution >= 4 is 5.97 Å². The number of carbonyl (C=O) groups excluding carboxylic acids is 1. The predicted molar refractivity (Wildman–Crippen MR) is 138 cm³/mol. The molecule has 0 spiro atoms. The number of fused-ring (bicyclic) bond motifs is 5. The fraction of sp³-hybridized carbons (Fsp3) is 0.839. The molecular weight excluding hydrogens is 404 g/mol. The molecule has 4 aliphatic carbocycles. The SMILES string of the molecule is CC[C@H](/C=C/[C@@H](C)[C@H]1CC[C@H]2[C@@H]3CC=C4CC(OC(C)=O)CC[C@]4(C)[C@H]3CC[C@]12C)C(C)C. The van der Waals surface area contributed by atoms with E-state index >= 15 is 0 Å². The Morgan fingerprint density at radius 2 is 1.85 bits per heavy atom. The molecule has 2 nitrogen and oxygen atoms in total. The van der Waals surface area contributed by atoms with Gasteiger partial charge in [0.2, 0.25) is 0 Å². The zero-order valence-electron chi connectivity index (χ0n) is 22.5. The molecule has 0 aliphatic heterocycles. The molecule has 0 aromatic heterocycles. The highest BCUT2D eigenvalue weighted by Gasteiger charge is 2.59. The van der Waals surface area contributed by atoms with Crippen LogP contribution in [0.2, 0.25) is 0 Å². The second kappa shape index (κ2) is 9.54. The molecule has 33 heavy (non-hydrogen) atoms. The van der Waals surface area contributed by atoms with E-state index in [1.807, 2.05) is 0 Å². The molecule has 4 aliphatic rings. The van der Waals surface area contributed by atoms with Crippen LogP contribution in [0.4, 0.5) is 0 Å². The summed E-state index contributed by atoms with van der Waals surface area (Å²) >= 11 is 0. The normalized spacial score (nSPS) is 42.3. The molecule has 0 heterocycles. The molecular formula is C31H50O2. The largest absolute Gasteiger partial charge is 0.462 e. The lowest BCUT2D eigenvalue weighted by Crippen LogP contribution is -2.51. The van der Waals surface area contributed by atoms with Crippen LogP contribution in [0.15, 0.2) is 23.8 Å². The van der Waals surface area contributed by atoms with E-state index in [9.17, 15) is 4.79 Å². The number of rotatable bonds is 6. The fourth-order valence-electron chi connectivity index (χ4n) is 9.15. The molecule has 1 unspecified atom stereocenters. The van der Waals surface area contributed by atoms with Gasteiger partial charge in [0, 0.05) is 13.3 Å². The standard InChI is InChI=1S/C31H50O2/c1-8-23(20(2)3)10-9-21(4)27-13-14-28-26-12-11-24-19-25(33-22(5)32)15-17-30(24,6)29(26)16-18-31(27,28)7/h9-11,20-21,23,25-29H,8,12-19H2,1-7H3/b10-9+/t21-,23-,25?,26+,27-,28+,29+,30+,31-/m1/s1. The minimum absolute atomic E-state index is 0.105. The Hall–Kier alpha value is -1.05. The van der Waals surface area contributed by atoms with Gasteiger partial charge in [0.15, 0.2) is 0 Å². The van der Waals surface area contributed by atoms with Crippen molar-refractivity contribution < 1.29 is 9.53 Å². The van der Waals surface area contributed by atoms with Crippen LogP contribution in [0, 0.1) is 52.3 Å². The Morgan fingerprint density at radius 3 is 2.52 bits per heavy atom. The highest BCUT2D eigenvalue weighted by molar-refractivity contribution is 5.66. The summed E-state index contributed by atoms with van der Waals surface area (Å²) in [4.78, 5) is 11.5. The second-order valence-electron chi connectivity index (χ2n) is 13.0. The van der Waals surface area contributed by atoms with Crippen LogP contribution in [0.25, 0.3) is 0 Å². The minimum atomic E-state index is -0.120. The molecule has 0 bridgehead atoms. The average molecular weight is 455 g/mol. The Morgan fingerprint density at radius 1 is 1.09 bits per heavy atom. The Labute approximate surface area is 204 Å². The van der Waals surface area contributed by atoms with Gasteiger partial charge in [-0.2, -0.15) is 0 Å². The Bertz CT molecular complexity index is 778. The van der Waals surface area contributed by atoms with Gasteiger partial charge in [0.05, 0.1) is 0 Å². The van der Waals surface area contributed by atoms with Crippen LogP contribution in [-0.2, 0) is 9.53 Å². The van der Waals surface area contributed by atoms with Crippen molar-refractivity contribution in [3.63, 3.8) is 0 Å². The minimum Gasteiger partial charge on any atom is -0.462 e. The number of esters is 1. The Balaban J connectivity index is 1.49. The van der Waals surface area contributed by atoms with Crippen LogP contribution in [-0.4, -0.2) is 12.1 Å². The summed E-state index contributed by atoms with van der Waals surface area (Å²) in [7, 11) is 0. The first kappa shape index (κ1) is 25.1. The topological polar surface area (TPSA) is 26.3 Å². The van der Waals surface area contributed by atoms with Gasteiger partial charge in [-0.1, -0.05) is 65.3 Å². The molecule has 0 radical (unpaired) electrons. The Kier molecular flexibility index (Phi) is 7.24. The maximum Gasteiger partial charge on any atom is 0.302 e. The van der Waals surface area contributed by atoms with Gasteiger partial charge in [0.1, 0.15) is 6.10 Å². The van der Waals surface area contributed by atoms with Gasteiger partial charge in [-0.25, -0.2) is 0 Å². The van der Waals surface area contributed by atoms with Crippen molar-refractivity contribution in [2.75, 3.05) is 0 Å². The average Bonchev–Trinajstić information content (AvgIpc) is 3.11. The van der Waals surface area contributed by atoms with Crippen LogP contribution in [0.5, 0.6) is 0 Å². The molecule has 9 atom stereocenters. The lowest BCUT2D eigenvalue weighted by Gasteiger charge is -2.58. The van der Waals surface area contributed by atoms with E-state index in [2.05, 4.69) is 59.8 Å². The van der Waals surface area contributed by atoms with Crippen molar-refractivity contribution in [1.29, 1.82) is 0 Å². The van der Waals surface area contributed by atoms with Crippen molar-refractivity contribution in [2.45, 2.75) is 112 Å². The first-order chi connectivity index (χ1) is 15.6. The summed E-state index contributed by atoms with van der Waals surface area (Å²) < 4.78 is 5.62. The van der Waals surface area contributed by atoms with Gasteiger partial charge < -0.3 is 4.74 Å². The molecule has 0 aromatic carbocycles. The molecule has 0 saturated heterocycles. The zero-order chi connectivity index (χ0) is 24.0. The van der Waals surface area contributed by atoms with Crippen molar-refractivity contribution in [3.05, 3.63) is 23.8 Å². The van der Waals surface area contributed by atoms with Gasteiger partial charge >= 0.3 is 5.97 Å². The molecule has 186 valence electrons. The van der Waals surface area contributed by atoms with Crippen molar-refractivity contribution in [2.24, 2.45) is 52.3 Å². The molecule has 3 fully saturated rings. The van der Waals surface area contributed by atoms with Crippen LogP contribution in [0.3, 0.4) is 0 Å². The van der Waals surface area contributed by atoms with E-state index in [1.165, 1.54) is 44.9 Å². The smallest absolute Gasteiger partial charge is 0.302 e. The highest BCUT2D eigenvalue weighted by Crippen LogP contribution is 2.67. The van der Waals surface area contributed by atoms with E-state index < -0.39 is 0 Å². The fourth-order valence-corrected chi connectivity index (χ4v) is 9.15. The van der Waals surface area contributed by atoms with Crippen LogP contribution < -0.4 is 0 Å². The van der Waals surface area contributed by atoms with Crippen molar-refractivity contribution in [1.82, 2.24) is 0 Å². The third kappa shape index (κ3) is 4.50. The number of allylic oxidation sites excluding steroid dienone is 3. The summed E-state index contributed by atoms with van der Waals surface area (Å²) in [6.07, 6.45) is 19.2. The van der Waals surface area contributed by atoms with E-state index in [0.29, 0.717) is 16.7 Å². The van der Waals surface area contributed by atoms with Crippen LogP contribution >= 0.6 is 0 Å². The second-order valence-corrected chi connectivity index (χ2v) is 13.0. The lowest BCUT2D eigenvalue weighted by atomic mass is 9.47.